The minimum atomic E-state index is -0.332. The van der Waals surface area contributed by atoms with Crippen molar-refractivity contribution < 1.29 is 4.92 Å². The van der Waals surface area contributed by atoms with Crippen LogP contribution >= 0.6 is 11.3 Å². The molecule has 1 aromatic heterocycles. The van der Waals surface area contributed by atoms with E-state index in [2.05, 4.69) is 0 Å². The quantitative estimate of drug-likeness (QED) is 0.501. The fourth-order valence-electron chi connectivity index (χ4n) is 2.21. The summed E-state index contributed by atoms with van der Waals surface area (Å²) in [5.41, 5.74) is 3.82. The Bertz CT molecular complexity index is 750. The van der Waals surface area contributed by atoms with Crippen molar-refractivity contribution >= 4 is 17.0 Å². The van der Waals surface area contributed by atoms with E-state index in [1.165, 1.54) is 0 Å². The van der Waals surface area contributed by atoms with Gasteiger partial charge in [-0.25, -0.2) is 0 Å². The number of thiophene rings is 1. The highest BCUT2D eigenvalue weighted by Crippen LogP contribution is 2.39. The molecule has 3 aromatic rings. The number of benzene rings is 2. The van der Waals surface area contributed by atoms with Crippen LogP contribution in [-0.2, 0) is 0 Å². The van der Waals surface area contributed by atoms with Crippen molar-refractivity contribution in [1.82, 2.24) is 0 Å². The first kappa shape index (κ1) is 12.6. The van der Waals surface area contributed by atoms with Crippen LogP contribution in [0, 0.1) is 10.1 Å². The van der Waals surface area contributed by atoms with Crippen LogP contribution in [0.25, 0.3) is 22.3 Å². The lowest BCUT2D eigenvalue weighted by Gasteiger charge is -2.05. The van der Waals surface area contributed by atoms with E-state index in [0.717, 1.165) is 16.7 Å². The summed E-state index contributed by atoms with van der Waals surface area (Å²) >= 11 is 1.55. The van der Waals surface area contributed by atoms with Gasteiger partial charge in [0.05, 0.1) is 10.5 Å². The van der Waals surface area contributed by atoms with Crippen molar-refractivity contribution in [3.8, 4) is 22.3 Å². The van der Waals surface area contributed by atoms with Crippen LogP contribution in [0.4, 0.5) is 5.69 Å². The molecule has 0 bridgehead atoms. The third-order valence-corrected chi connectivity index (χ3v) is 3.88. The lowest BCUT2D eigenvalue weighted by Crippen LogP contribution is -1.91. The zero-order chi connectivity index (χ0) is 13.9. The molecule has 4 heteroatoms. The number of hydrogen-bond acceptors (Lipinski definition) is 3. The van der Waals surface area contributed by atoms with Crippen LogP contribution in [0.3, 0.4) is 0 Å². The molecule has 0 atom stereocenters. The van der Waals surface area contributed by atoms with Gasteiger partial charge in [0.15, 0.2) is 0 Å². The third kappa shape index (κ3) is 2.21. The highest BCUT2D eigenvalue weighted by molar-refractivity contribution is 7.08. The Balaban J connectivity index is 2.18. The molecule has 0 N–H and O–H groups in total. The first-order chi connectivity index (χ1) is 9.77. The molecule has 0 amide bonds. The number of para-hydroxylation sites is 1. The standard InChI is InChI=1S/C16H11NO2S/c18-17(19)16-9-5-4-8-13(16)15-11-20-10-14(15)12-6-2-1-3-7-12/h1-11H. The van der Waals surface area contributed by atoms with Gasteiger partial charge in [-0.15, -0.1) is 0 Å². The minimum absolute atomic E-state index is 0.142. The molecule has 3 rings (SSSR count). The Labute approximate surface area is 120 Å². The van der Waals surface area contributed by atoms with Crippen molar-refractivity contribution in [3.63, 3.8) is 0 Å². The van der Waals surface area contributed by atoms with Gasteiger partial charge >= 0.3 is 0 Å². The van der Waals surface area contributed by atoms with E-state index in [1.54, 1.807) is 29.5 Å². The summed E-state index contributed by atoms with van der Waals surface area (Å²) < 4.78 is 0. The van der Waals surface area contributed by atoms with Gasteiger partial charge in [-0.05, 0) is 22.4 Å². The SMILES string of the molecule is O=[N+]([O-])c1ccccc1-c1cscc1-c1ccccc1. The second kappa shape index (κ2) is 5.27. The topological polar surface area (TPSA) is 43.1 Å². The summed E-state index contributed by atoms with van der Waals surface area (Å²) in [6.07, 6.45) is 0. The van der Waals surface area contributed by atoms with E-state index >= 15 is 0 Å². The molecule has 0 aliphatic carbocycles. The first-order valence-corrected chi connectivity index (χ1v) is 7.07. The van der Waals surface area contributed by atoms with Crippen LogP contribution in [0.15, 0.2) is 65.4 Å². The molecular formula is C16H11NO2S. The molecular weight excluding hydrogens is 270 g/mol. The monoisotopic (exact) mass is 281 g/mol. The molecule has 0 fully saturated rings. The van der Waals surface area contributed by atoms with E-state index in [4.69, 9.17) is 0 Å². The smallest absolute Gasteiger partial charge is 0.258 e. The van der Waals surface area contributed by atoms with Gasteiger partial charge in [-0.3, -0.25) is 10.1 Å². The molecule has 2 aromatic carbocycles. The molecule has 0 radical (unpaired) electrons. The number of nitrogens with zero attached hydrogens (tertiary/aromatic N) is 1. The maximum absolute atomic E-state index is 11.2. The van der Waals surface area contributed by atoms with Gasteiger partial charge in [0, 0.05) is 17.2 Å². The van der Waals surface area contributed by atoms with Gasteiger partial charge in [-0.2, -0.15) is 11.3 Å². The van der Waals surface area contributed by atoms with Gasteiger partial charge in [-0.1, -0.05) is 42.5 Å². The minimum Gasteiger partial charge on any atom is -0.258 e. The first-order valence-electron chi connectivity index (χ1n) is 6.13. The van der Waals surface area contributed by atoms with Crippen molar-refractivity contribution in [2.45, 2.75) is 0 Å². The third-order valence-electron chi connectivity index (χ3n) is 3.14. The zero-order valence-electron chi connectivity index (χ0n) is 10.5. The van der Waals surface area contributed by atoms with Gasteiger partial charge < -0.3 is 0 Å². The Morgan fingerprint density at radius 2 is 1.45 bits per heavy atom. The number of rotatable bonds is 3. The van der Waals surface area contributed by atoms with E-state index in [1.807, 2.05) is 47.2 Å². The highest BCUT2D eigenvalue weighted by Gasteiger charge is 2.18. The molecule has 0 aliphatic rings. The molecule has 0 unspecified atom stereocenters. The molecule has 20 heavy (non-hydrogen) atoms. The molecule has 98 valence electrons. The van der Waals surface area contributed by atoms with E-state index < -0.39 is 0 Å². The summed E-state index contributed by atoms with van der Waals surface area (Å²) in [4.78, 5) is 10.8. The Morgan fingerprint density at radius 3 is 2.20 bits per heavy atom. The lowest BCUT2D eigenvalue weighted by molar-refractivity contribution is -0.384. The van der Waals surface area contributed by atoms with Crippen LogP contribution < -0.4 is 0 Å². The van der Waals surface area contributed by atoms with Crippen molar-refractivity contribution in [3.05, 3.63) is 75.5 Å². The fourth-order valence-corrected chi connectivity index (χ4v) is 3.06. The summed E-state index contributed by atoms with van der Waals surface area (Å²) in [7, 11) is 0. The lowest BCUT2D eigenvalue weighted by atomic mass is 9.98. The number of hydrogen-bond donors (Lipinski definition) is 0. The van der Waals surface area contributed by atoms with Gasteiger partial charge in [0.25, 0.3) is 5.69 Å². The fraction of sp³-hybridized carbons (Fsp3) is 0. The summed E-state index contributed by atoms with van der Waals surface area (Å²) in [5.74, 6) is 0. The molecule has 0 aliphatic heterocycles. The average Bonchev–Trinajstić information content (AvgIpc) is 2.97. The second-order valence-corrected chi connectivity index (χ2v) is 5.08. The van der Waals surface area contributed by atoms with Gasteiger partial charge in [0.2, 0.25) is 0 Å². The Morgan fingerprint density at radius 1 is 0.800 bits per heavy atom. The number of nitro benzene ring substituents is 1. The van der Waals surface area contributed by atoms with Crippen molar-refractivity contribution in [2.75, 3.05) is 0 Å². The van der Waals surface area contributed by atoms with Crippen molar-refractivity contribution in [1.29, 1.82) is 0 Å². The van der Waals surface area contributed by atoms with E-state index in [0.29, 0.717) is 5.56 Å². The van der Waals surface area contributed by atoms with Crippen LogP contribution in [-0.4, -0.2) is 4.92 Å². The predicted molar refractivity (Wildman–Crippen MR) is 81.8 cm³/mol. The average molecular weight is 281 g/mol. The van der Waals surface area contributed by atoms with Crippen LogP contribution in [0.1, 0.15) is 0 Å². The Kier molecular flexibility index (Phi) is 3.31. The predicted octanol–water partition coefficient (Wildman–Crippen LogP) is 4.99. The van der Waals surface area contributed by atoms with E-state index in [-0.39, 0.29) is 10.6 Å². The van der Waals surface area contributed by atoms with Crippen molar-refractivity contribution in [2.24, 2.45) is 0 Å². The zero-order valence-corrected chi connectivity index (χ0v) is 11.3. The highest BCUT2D eigenvalue weighted by atomic mass is 32.1. The maximum atomic E-state index is 11.2. The summed E-state index contributed by atoms with van der Waals surface area (Å²) in [6.45, 7) is 0. The molecule has 0 saturated heterocycles. The molecule has 3 nitrogen and oxygen atoms in total. The largest absolute Gasteiger partial charge is 0.277 e. The second-order valence-electron chi connectivity index (χ2n) is 4.34. The normalized spacial score (nSPS) is 10.4. The summed E-state index contributed by atoms with van der Waals surface area (Å²) in [6, 6.07) is 16.8. The molecule has 0 spiro atoms. The van der Waals surface area contributed by atoms with E-state index in [9.17, 15) is 10.1 Å². The number of nitro groups is 1. The molecule has 1 heterocycles. The van der Waals surface area contributed by atoms with Gasteiger partial charge in [0.1, 0.15) is 0 Å². The molecule has 0 saturated carbocycles. The van der Waals surface area contributed by atoms with Crippen LogP contribution in [0.5, 0.6) is 0 Å². The van der Waals surface area contributed by atoms with Crippen LogP contribution in [0.2, 0.25) is 0 Å². The maximum Gasteiger partial charge on any atom is 0.277 e. The summed E-state index contributed by atoms with van der Waals surface area (Å²) in [5, 5.41) is 15.2. The Hall–Kier alpha value is -2.46.